The summed E-state index contributed by atoms with van der Waals surface area (Å²) in [7, 11) is 1.51. The predicted molar refractivity (Wildman–Crippen MR) is 140 cm³/mol. The number of methoxy groups -OCH3 is 1. The van der Waals surface area contributed by atoms with Gasteiger partial charge in [-0.2, -0.15) is 0 Å². The van der Waals surface area contributed by atoms with Crippen molar-refractivity contribution in [1.82, 2.24) is 5.32 Å². The van der Waals surface area contributed by atoms with Crippen LogP contribution in [0.15, 0.2) is 72.3 Å². The standard InChI is InChI=1S/C28H23ClN2O7/c1-3-37-27(34)18-6-11-21(12-7-18)31-26(33)23(25(32)30-28(31)35)14-19-8-13-22(36-2)15-24(19)38-16-17-4-9-20(29)10-5-17/h4-15H,3,16H2,1-2H3,(H,30,32,35)/b23-14+. The number of hydrogen-bond acceptors (Lipinski definition) is 7. The number of ether oxygens (including phenoxy) is 3. The maximum Gasteiger partial charge on any atom is 0.338 e. The molecule has 0 saturated carbocycles. The second-order valence-electron chi connectivity index (χ2n) is 8.04. The molecule has 0 bridgehead atoms. The van der Waals surface area contributed by atoms with Crippen LogP contribution in [0, 0.1) is 0 Å². The molecule has 38 heavy (non-hydrogen) atoms. The Kier molecular flexibility index (Phi) is 8.08. The summed E-state index contributed by atoms with van der Waals surface area (Å²) in [5.74, 6) is -1.35. The normalized spacial score (nSPS) is 14.3. The van der Waals surface area contributed by atoms with Crippen molar-refractivity contribution in [3.63, 3.8) is 0 Å². The van der Waals surface area contributed by atoms with Crippen LogP contribution >= 0.6 is 11.6 Å². The van der Waals surface area contributed by atoms with Crippen LogP contribution in [0.25, 0.3) is 6.08 Å². The number of rotatable bonds is 8. The van der Waals surface area contributed by atoms with Gasteiger partial charge in [-0.25, -0.2) is 14.5 Å². The van der Waals surface area contributed by atoms with E-state index in [9.17, 15) is 19.2 Å². The number of urea groups is 1. The third-order valence-electron chi connectivity index (χ3n) is 5.57. The predicted octanol–water partition coefficient (Wildman–Crippen LogP) is 4.77. The number of esters is 1. The molecule has 1 fully saturated rings. The molecule has 3 aromatic rings. The molecule has 0 spiro atoms. The van der Waals surface area contributed by atoms with Gasteiger partial charge in [-0.05, 0) is 67.1 Å². The lowest BCUT2D eigenvalue weighted by Crippen LogP contribution is -2.54. The molecule has 10 heteroatoms. The maximum absolute atomic E-state index is 13.3. The number of nitrogens with zero attached hydrogens (tertiary/aromatic N) is 1. The average Bonchev–Trinajstić information content (AvgIpc) is 2.91. The van der Waals surface area contributed by atoms with Crippen LogP contribution in [0.5, 0.6) is 11.5 Å². The Morgan fingerprint density at radius 2 is 1.71 bits per heavy atom. The van der Waals surface area contributed by atoms with Gasteiger partial charge >= 0.3 is 12.0 Å². The van der Waals surface area contributed by atoms with Crippen LogP contribution < -0.4 is 19.7 Å². The first-order valence-electron chi connectivity index (χ1n) is 11.5. The van der Waals surface area contributed by atoms with Gasteiger partial charge in [0.15, 0.2) is 0 Å². The van der Waals surface area contributed by atoms with Crippen molar-refractivity contribution in [2.45, 2.75) is 13.5 Å². The van der Waals surface area contributed by atoms with Gasteiger partial charge in [0, 0.05) is 16.7 Å². The number of carbonyl (C=O) groups is 4. The zero-order valence-electron chi connectivity index (χ0n) is 20.5. The van der Waals surface area contributed by atoms with Gasteiger partial charge in [0.1, 0.15) is 23.7 Å². The van der Waals surface area contributed by atoms with Crippen molar-refractivity contribution in [1.29, 1.82) is 0 Å². The Bertz CT molecular complexity index is 1420. The molecule has 0 radical (unpaired) electrons. The molecule has 1 saturated heterocycles. The molecule has 0 aliphatic carbocycles. The summed E-state index contributed by atoms with van der Waals surface area (Å²) < 4.78 is 16.2. The summed E-state index contributed by atoms with van der Waals surface area (Å²) in [5, 5.41) is 2.78. The van der Waals surface area contributed by atoms with Crippen molar-refractivity contribution in [3.05, 3.63) is 94.0 Å². The molecule has 1 heterocycles. The summed E-state index contributed by atoms with van der Waals surface area (Å²) in [6.45, 7) is 2.09. The molecule has 3 aromatic carbocycles. The van der Waals surface area contributed by atoms with Crippen LogP contribution in [0.1, 0.15) is 28.4 Å². The number of anilines is 1. The van der Waals surface area contributed by atoms with Crippen LogP contribution in [0.4, 0.5) is 10.5 Å². The number of carbonyl (C=O) groups excluding carboxylic acids is 4. The van der Waals surface area contributed by atoms with E-state index in [2.05, 4.69) is 5.32 Å². The van der Waals surface area contributed by atoms with E-state index in [0.29, 0.717) is 22.1 Å². The van der Waals surface area contributed by atoms with Gasteiger partial charge in [0.2, 0.25) is 0 Å². The van der Waals surface area contributed by atoms with Crippen molar-refractivity contribution < 1.29 is 33.4 Å². The third kappa shape index (κ3) is 5.84. The first-order chi connectivity index (χ1) is 18.3. The molecule has 1 aliphatic rings. The summed E-state index contributed by atoms with van der Waals surface area (Å²) >= 11 is 5.95. The molecule has 4 rings (SSSR count). The Morgan fingerprint density at radius 3 is 2.37 bits per heavy atom. The Morgan fingerprint density at radius 1 is 1.00 bits per heavy atom. The van der Waals surface area contributed by atoms with Crippen LogP contribution in [-0.4, -0.2) is 37.5 Å². The first-order valence-corrected chi connectivity index (χ1v) is 11.9. The van der Waals surface area contributed by atoms with Gasteiger partial charge < -0.3 is 14.2 Å². The molecular formula is C28H23ClN2O7. The fourth-order valence-corrected chi connectivity index (χ4v) is 3.76. The van der Waals surface area contributed by atoms with Crippen molar-refractivity contribution in [2.75, 3.05) is 18.6 Å². The number of benzene rings is 3. The molecule has 0 unspecified atom stereocenters. The number of barbiturate groups is 1. The smallest absolute Gasteiger partial charge is 0.338 e. The summed E-state index contributed by atoms with van der Waals surface area (Å²) in [6.07, 6.45) is 1.35. The highest BCUT2D eigenvalue weighted by Gasteiger charge is 2.37. The zero-order valence-corrected chi connectivity index (χ0v) is 21.3. The lowest BCUT2D eigenvalue weighted by molar-refractivity contribution is -0.122. The number of nitrogens with one attached hydrogen (secondary N) is 1. The number of imide groups is 2. The van der Waals surface area contributed by atoms with E-state index >= 15 is 0 Å². The Labute approximate surface area is 223 Å². The largest absolute Gasteiger partial charge is 0.497 e. The number of halogens is 1. The highest BCUT2D eigenvalue weighted by Crippen LogP contribution is 2.30. The molecule has 1 N–H and O–H groups in total. The van der Waals surface area contributed by atoms with E-state index < -0.39 is 23.8 Å². The van der Waals surface area contributed by atoms with Crippen LogP contribution in [0.2, 0.25) is 5.02 Å². The quantitative estimate of drug-likeness (QED) is 0.252. The fraction of sp³-hybridized carbons (Fsp3) is 0.143. The molecule has 0 atom stereocenters. The highest BCUT2D eigenvalue weighted by atomic mass is 35.5. The van der Waals surface area contributed by atoms with E-state index in [1.165, 1.54) is 37.5 Å². The van der Waals surface area contributed by atoms with E-state index in [0.717, 1.165) is 10.5 Å². The number of hydrogen-bond donors (Lipinski definition) is 1. The number of amides is 4. The molecule has 0 aromatic heterocycles. The van der Waals surface area contributed by atoms with Gasteiger partial charge in [-0.3, -0.25) is 14.9 Å². The summed E-state index contributed by atoms with van der Waals surface area (Å²) in [6, 6.07) is 16.8. The van der Waals surface area contributed by atoms with E-state index in [1.54, 1.807) is 37.3 Å². The molecular weight excluding hydrogens is 512 g/mol. The minimum absolute atomic E-state index is 0.174. The van der Waals surface area contributed by atoms with E-state index in [1.807, 2.05) is 12.1 Å². The lowest BCUT2D eigenvalue weighted by Gasteiger charge is -2.26. The van der Waals surface area contributed by atoms with Gasteiger partial charge in [-0.1, -0.05) is 23.7 Å². The van der Waals surface area contributed by atoms with Crippen LogP contribution in [0.3, 0.4) is 0 Å². The van der Waals surface area contributed by atoms with Crippen molar-refractivity contribution in [3.8, 4) is 11.5 Å². The van der Waals surface area contributed by atoms with E-state index in [-0.39, 0.29) is 30.0 Å². The second kappa shape index (κ2) is 11.6. The molecule has 194 valence electrons. The minimum Gasteiger partial charge on any atom is -0.497 e. The lowest BCUT2D eigenvalue weighted by atomic mass is 10.1. The molecule has 9 nitrogen and oxygen atoms in total. The minimum atomic E-state index is -0.907. The highest BCUT2D eigenvalue weighted by molar-refractivity contribution is 6.39. The average molecular weight is 535 g/mol. The SMILES string of the molecule is CCOC(=O)c1ccc(N2C(=O)NC(=O)/C(=C\c3ccc(OC)cc3OCc3ccc(Cl)cc3)C2=O)cc1. The maximum atomic E-state index is 13.3. The second-order valence-corrected chi connectivity index (χ2v) is 8.48. The molecule has 4 amide bonds. The topological polar surface area (TPSA) is 111 Å². The van der Waals surface area contributed by atoms with Gasteiger partial charge in [0.05, 0.1) is 25.0 Å². The Hall–Kier alpha value is -4.63. The van der Waals surface area contributed by atoms with Crippen molar-refractivity contribution in [2.24, 2.45) is 0 Å². The van der Waals surface area contributed by atoms with Crippen LogP contribution in [-0.2, 0) is 20.9 Å². The third-order valence-corrected chi connectivity index (χ3v) is 5.82. The van der Waals surface area contributed by atoms with Gasteiger partial charge in [0.25, 0.3) is 11.8 Å². The molecule has 1 aliphatic heterocycles. The fourth-order valence-electron chi connectivity index (χ4n) is 3.64. The first kappa shape index (κ1) is 26.4. The monoisotopic (exact) mass is 534 g/mol. The Balaban J connectivity index is 1.64. The van der Waals surface area contributed by atoms with Gasteiger partial charge in [-0.15, -0.1) is 0 Å². The summed E-state index contributed by atoms with van der Waals surface area (Å²) in [4.78, 5) is 51.3. The summed E-state index contributed by atoms with van der Waals surface area (Å²) in [5.41, 5.74) is 1.43. The van der Waals surface area contributed by atoms with E-state index in [4.69, 9.17) is 25.8 Å². The van der Waals surface area contributed by atoms with Crippen molar-refractivity contribution >= 4 is 47.2 Å². The zero-order chi connectivity index (χ0) is 27.2.